The third kappa shape index (κ3) is 39.7. The molecule has 0 amide bonds. The predicted molar refractivity (Wildman–Crippen MR) is 270 cm³/mol. The first-order chi connectivity index (χ1) is 31.0. The molecule has 368 valence electrons. The lowest BCUT2D eigenvalue weighted by atomic mass is 10.1. The van der Waals surface area contributed by atoms with Crippen LogP contribution in [0.2, 0.25) is 0 Å². The highest BCUT2D eigenvalue weighted by atomic mass is 16.5. The van der Waals surface area contributed by atoms with E-state index in [-0.39, 0.29) is 11.9 Å². The van der Waals surface area contributed by atoms with E-state index in [0.717, 1.165) is 123 Å². The lowest BCUT2D eigenvalue weighted by Crippen LogP contribution is -2.47. The number of esters is 2. The van der Waals surface area contributed by atoms with Gasteiger partial charge in [-0.2, -0.15) is 0 Å². The number of hydrogen-bond donors (Lipinski definition) is 2. The van der Waals surface area contributed by atoms with Gasteiger partial charge < -0.3 is 35.2 Å². The van der Waals surface area contributed by atoms with Crippen molar-refractivity contribution in [3.8, 4) is 0 Å². The Morgan fingerprint density at radius 2 is 0.889 bits per heavy atom. The van der Waals surface area contributed by atoms with Crippen LogP contribution in [0, 0.1) is 0 Å². The number of ether oxygens (including phenoxy) is 2. The first-order valence-corrected chi connectivity index (χ1v) is 26.9. The molecule has 0 unspecified atom stereocenters. The van der Waals surface area contributed by atoms with Gasteiger partial charge in [-0.25, -0.2) is 0 Å². The Bertz CT molecular complexity index is 1030. The summed E-state index contributed by atoms with van der Waals surface area (Å²) in [6.45, 7) is 19.5. The molecule has 1 heterocycles. The lowest BCUT2D eigenvalue weighted by Gasteiger charge is -2.34. The molecule has 1 fully saturated rings. The van der Waals surface area contributed by atoms with Crippen molar-refractivity contribution >= 4 is 11.9 Å². The molecule has 1 saturated heterocycles. The van der Waals surface area contributed by atoms with Gasteiger partial charge in [0.15, 0.2) is 0 Å². The molecule has 0 aromatic heterocycles. The second-order valence-electron chi connectivity index (χ2n) is 18.4. The Morgan fingerprint density at radius 3 is 1.29 bits per heavy atom. The van der Waals surface area contributed by atoms with Gasteiger partial charge in [0.1, 0.15) is 0 Å². The smallest absolute Gasteiger partial charge is 0.305 e. The van der Waals surface area contributed by atoms with E-state index in [4.69, 9.17) is 15.2 Å². The quantitative estimate of drug-likeness (QED) is 0.0351. The maximum absolute atomic E-state index is 12.5. The fourth-order valence-electron chi connectivity index (χ4n) is 8.29. The normalized spacial score (nSPS) is 13.6. The van der Waals surface area contributed by atoms with Crippen LogP contribution in [0.4, 0.5) is 0 Å². The Labute approximate surface area is 390 Å². The van der Waals surface area contributed by atoms with Crippen molar-refractivity contribution in [2.24, 2.45) is 5.73 Å². The molecular formula is C54H103N5O4. The van der Waals surface area contributed by atoms with Crippen molar-refractivity contribution in [1.82, 2.24) is 20.0 Å². The molecule has 1 rings (SSSR count). The zero-order valence-electron chi connectivity index (χ0n) is 41.7. The highest BCUT2D eigenvalue weighted by Gasteiger charge is 2.16. The first-order valence-electron chi connectivity index (χ1n) is 26.9. The topological polar surface area (TPSA) is 100 Å². The SMILES string of the molecule is C=C(NCCCN1CCN(CCCN)CC1)N(CCCOC(=O)CCCCCCC/C=C\CCCCCCCC)CCCOC(=O)CCCCCCC/C=C\CCCCCCCC. The molecule has 0 saturated carbocycles. The number of nitrogens with one attached hydrogen (secondary N) is 1. The van der Waals surface area contributed by atoms with Crippen molar-refractivity contribution in [2.45, 2.75) is 219 Å². The number of carbonyl (C=O) groups is 2. The number of allylic oxidation sites excluding steroid dienone is 4. The zero-order chi connectivity index (χ0) is 45.5. The second kappa shape index (κ2) is 46.2. The summed E-state index contributed by atoms with van der Waals surface area (Å²) in [7, 11) is 0. The summed E-state index contributed by atoms with van der Waals surface area (Å²) in [6.07, 6.45) is 46.5. The van der Waals surface area contributed by atoms with Crippen molar-refractivity contribution in [1.29, 1.82) is 0 Å². The molecule has 9 nitrogen and oxygen atoms in total. The third-order valence-electron chi connectivity index (χ3n) is 12.5. The van der Waals surface area contributed by atoms with Gasteiger partial charge in [-0.3, -0.25) is 9.59 Å². The molecule has 3 N–H and O–H groups in total. The summed E-state index contributed by atoms with van der Waals surface area (Å²) in [5.41, 5.74) is 5.70. The molecule has 0 aliphatic carbocycles. The second-order valence-corrected chi connectivity index (χ2v) is 18.4. The van der Waals surface area contributed by atoms with E-state index >= 15 is 0 Å². The summed E-state index contributed by atoms with van der Waals surface area (Å²) in [4.78, 5) is 32.3. The van der Waals surface area contributed by atoms with Gasteiger partial charge in [0.05, 0.1) is 19.0 Å². The Balaban J connectivity index is 2.26. The number of hydrogen-bond acceptors (Lipinski definition) is 9. The zero-order valence-corrected chi connectivity index (χ0v) is 41.7. The monoisotopic (exact) mass is 886 g/mol. The average Bonchev–Trinajstić information content (AvgIpc) is 3.29. The van der Waals surface area contributed by atoms with E-state index in [1.807, 2.05) is 0 Å². The van der Waals surface area contributed by atoms with Crippen molar-refractivity contribution in [2.75, 3.05) is 78.7 Å². The summed E-state index contributed by atoms with van der Waals surface area (Å²) < 4.78 is 11.3. The van der Waals surface area contributed by atoms with E-state index < -0.39 is 0 Å². The Morgan fingerprint density at radius 1 is 0.524 bits per heavy atom. The standard InChI is InChI=1S/C54H103N5O4/c1-4-6-8-10-12-14-16-18-20-22-24-26-28-30-32-38-53(60)62-50-36-44-59(52(3)56-41-35-43-58-48-46-57(47-49-58)42-34-40-55)45-37-51-63-54(61)39-33-31-29-27-25-23-21-19-17-15-13-11-9-7-5-2/h18-21,56H,3-17,22-51,55H2,1-2H3/b20-18-,21-19-. The minimum atomic E-state index is -0.0884. The van der Waals surface area contributed by atoms with E-state index in [2.05, 4.69) is 64.7 Å². The molecular weight excluding hydrogens is 783 g/mol. The maximum Gasteiger partial charge on any atom is 0.305 e. The summed E-state index contributed by atoms with van der Waals surface area (Å²) >= 11 is 0. The van der Waals surface area contributed by atoms with Crippen LogP contribution in [0.15, 0.2) is 36.7 Å². The molecule has 0 radical (unpaired) electrons. The molecule has 9 heteroatoms. The van der Waals surface area contributed by atoms with Gasteiger partial charge in [0, 0.05) is 58.7 Å². The fourth-order valence-corrected chi connectivity index (χ4v) is 8.29. The number of rotatable bonds is 47. The number of nitrogens with two attached hydrogens (primary N) is 1. The van der Waals surface area contributed by atoms with Crippen LogP contribution in [0.5, 0.6) is 0 Å². The van der Waals surface area contributed by atoms with E-state index in [9.17, 15) is 9.59 Å². The van der Waals surface area contributed by atoms with E-state index in [0.29, 0.717) is 26.1 Å². The van der Waals surface area contributed by atoms with Crippen LogP contribution >= 0.6 is 0 Å². The molecule has 1 aliphatic heterocycles. The Hall–Kier alpha value is -2.36. The number of carbonyl (C=O) groups excluding carboxylic acids is 2. The van der Waals surface area contributed by atoms with E-state index in [1.165, 1.54) is 141 Å². The molecule has 0 aromatic rings. The van der Waals surface area contributed by atoms with Crippen LogP contribution in [0.1, 0.15) is 219 Å². The van der Waals surface area contributed by atoms with Crippen molar-refractivity contribution < 1.29 is 19.1 Å². The number of nitrogens with zero attached hydrogens (tertiary/aromatic N) is 3. The maximum atomic E-state index is 12.5. The third-order valence-corrected chi connectivity index (χ3v) is 12.5. The highest BCUT2D eigenvalue weighted by molar-refractivity contribution is 5.69. The first kappa shape index (κ1) is 58.7. The fraction of sp³-hybridized carbons (Fsp3) is 0.852. The largest absolute Gasteiger partial charge is 0.466 e. The van der Waals surface area contributed by atoms with Gasteiger partial charge in [0.25, 0.3) is 0 Å². The molecule has 0 spiro atoms. The van der Waals surface area contributed by atoms with E-state index in [1.54, 1.807) is 0 Å². The molecule has 1 aliphatic rings. The van der Waals surface area contributed by atoms with Crippen LogP contribution < -0.4 is 11.1 Å². The van der Waals surface area contributed by atoms with Crippen molar-refractivity contribution in [3.05, 3.63) is 36.7 Å². The van der Waals surface area contributed by atoms with Gasteiger partial charge in [0.2, 0.25) is 0 Å². The van der Waals surface area contributed by atoms with Crippen LogP contribution in [0.25, 0.3) is 0 Å². The molecule has 0 bridgehead atoms. The van der Waals surface area contributed by atoms with Gasteiger partial charge >= 0.3 is 11.9 Å². The minimum absolute atomic E-state index is 0.0884. The summed E-state index contributed by atoms with van der Waals surface area (Å²) in [5.74, 6) is 0.713. The average molecular weight is 886 g/mol. The number of unbranched alkanes of at least 4 members (excludes halogenated alkanes) is 22. The van der Waals surface area contributed by atoms with Gasteiger partial charge in [-0.05, 0) is 110 Å². The summed E-state index contributed by atoms with van der Waals surface area (Å²) in [6, 6.07) is 0. The summed E-state index contributed by atoms with van der Waals surface area (Å²) in [5, 5.41) is 3.56. The lowest BCUT2D eigenvalue weighted by molar-refractivity contribution is -0.144. The Kier molecular flexibility index (Phi) is 43.0. The van der Waals surface area contributed by atoms with Gasteiger partial charge in [-0.15, -0.1) is 0 Å². The van der Waals surface area contributed by atoms with Crippen LogP contribution in [-0.4, -0.2) is 105 Å². The van der Waals surface area contributed by atoms with Crippen LogP contribution in [-0.2, 0) is 19.1 Å². The molecule has 63 heavy (non-hydrogen) atoms. The molecule has 0 atom stereocenters. The molecule has 0 aromatic carbocycles. The van der Waals surface area contributed by atoms with Crippen LogP contribution in [0.3, 0.4) is 0 Å². The highest BCUT2D eigenvalue weighted by Crippen LogP contribution is 2.13. The van der Waals surface area contributed by atoms with Gasteiger partial charge in [-0.1, -0.05) is 147 Å². The predicted octanol–water partition coefficient (Wildman–Crippen LogP) is 12.6. The number of piperazine rings is 1. The van der Waals surface area contributed by atoms with Crippen molar-refractivity contribution in [3.63, 3.8) is 0 Å². The minimum Gasteiger partial charge on any atom is -0.466 e.